The zero-order valence-corrected chi connectivity index (χ0v) is 10.1. The Balaban J connectivity index is 2.32. The van der Waals surface area contributed by atoms with Crippen LogP contribution in [-0.4, -0.2) is 27.5 Å². The maximum absolute atomic E-state index is 11.2. The van der Waals surface area contributed by atoms with Crippen molar-refractivity contribution in [3.8, 4) is 0 Å². The van der Waals surface area contributed by atoms with E-state index in [9.17, 15) is 14.9 Å². The fraction of sp³-hybridized carbons (Fsp3) is 0.167. The maximum atomic E-state index is 11.2. The van der Waals surface area contributed by atoms with Crippen LogP contribution in [0.15, 0.2) is 24.5 Å². The summed E-state index contributed by atoms with van der Waals surface area (Å²) in [6, 6.07) is 1.59. The van der Waals surface area contributed by atoms with Crippen LogP contribution in [0, 0.1) is 10.1 Å². The van der Waals surface area contributed by atoms with Gasteiger partial charge in [-0.3, -0.25) is 10.1 Å². The second-order valence-electron chi connectivity index (χ2n) is 3.68. The molecule has 0 fully saturated rings. The van der Waals surface area contributed by atoms with Gasteiger partial charge in [0.15, 0.2) is 0 Å². The van der Waals surface area contributed by atoms with Crippen molar-refractivity contribution < 1.29 is 14.5 Å². The van der Waals surface area contributed by atoms with E-state index in [2.05, 4.69) is 9.97 Å². The lowest BCUT2D eigenvalue weighted by Crippen LogP contribution is -1.98. The number of hydrogen-bond donors (Lipinski definition) is 1. The molecule has 0 aliphatic heterocycles. The first-order chi connectivity index (χ1) is 9.11. The monoisotopic (exact) mass is 261 g/mol. The molecule has 19 heavy (non-hydrogen) atoms. The summed E-state index contributed by atoms with van der Waals surface area (Å²) in [5, 5.41) is 11.2. The number of carbonyl (C=O) groups excluding carboxylic acids is 1. The summed E-state index contributed by atoms with van der Waals surface area (Å²) in [5.41, 5.74) is 0.970. The fourth-order valence-electron chi connectivity index (χ4n) is 1.60. The van der Waals surface area contributed by atoms with Crippen LogP contribution in [0.5, 0.6) is 0 Å². The molecule has 0 aliphatic rings. The van der Waals surface area contributed by atoms with Crippen molar-refractivity contribution in [2.75, 3.05) is 6.61 Å². The largest absolute Gasteiger partial charge is 0.463 e. The molecule has 0 spiro atoms. The Morgan fingerprint density at radius 2 is 2.42 bits per heavy atom. The second-order valence-corrected chi connectivity index (χ2v) is 3.68. The molecule has 2 aromatic rings. The molecule has 0 aliphatic carbocycles. The molecule has 1 N–H and O–H groups in total. The second kappa shape index (κ2) is 5.30. The molecule has 0 radical (unpaired) electrons. The van der Waals surface area contributed by atoms with Crippen LogP contribution in [0.4, 0.5) is 5.69 Å². The van der Waals surface area contributed by atoms with Crippen LogP contribution in [-0.2, 0) is 9.53 Å². The van der Waals surface area contributed by atoms with Gasteiger partial charge in [-0.05, 0) is 24.6 Å². The molecular formula is C12H11N3O4. The Morgan fingerprint density at radius 1 is 1.63 bits per heavy atom. The predicted octanol–water partition coefficient (Wildman–Crippen LogP) is 2.05. The van der Waals surface area contributed by atoms with Gasteiger partial charge in [-0.25, -0.2) is 9.78 Å². The highest BCUT2D eigenvalue weighted by Gasteiger charge is 2.14. The third-order valence-electron chi connectivity index (χ3n) is 2.43. The normalized spacial score (nSPS) is 11.0. The first-order valence-corrected chi connectivity index (χ1v) is 5.58. The zero-order valence-electron chi connectivity index (χ0n) is 10.1. The van der Waals surface area contributed by atoms with E-state index in [0.29, 0.717) is 23.2 Å². The topological polar surface area (TPSA) is 98.1 Å². The summed E-state index contributed by atoms with van der Waals surface area (Å²) >= 11 is 0. The number of H-pyrrole nitrogens is 1. The van der Waals surface area contributed by atoms with E-state index in [-0.39, 0.29) is 5.69 Å². The van der Waals surface area contributed by atoms with Gasteiger partial charge in [0.05, 0.1) is 23.1 Å². The minimum Gasteiger partial charge on any atom is -0.463 e. The van der Waals surface area contributed by atoms with Gasteiger partial charge in [-0.2, -0.15) is 0 Å². The van der Waals surface area contributed by atoms with Crippen LogP contribution >= 0.6 is 0 Å². The minimum absolute atomic E-state index is 0.0473. The van der Waals surface area contributed by atoms with Crippen LogP contribution < -0.4 is 0 Å². The summed E-state index contributed by atoms with van der Waals surface area (Å²) < 4.78 is 4.74. The molecule has 0 amide bonds. The lowest BCUT2D eigenvalue weighted by Gasteiger charge is -1.96. The molecular weight excluding hydrogens is 250 g/mol. The third kappa shape index (κ3) is 2.76. The predicted molar refractivity (Wildman–Crippen MR) is 68.4 cm³/mol. The Hall–Kier alpha value is -2.70. The number of aromatic amines is 1. The first kappa shape index (κ1) is 12.7. The molecule has 0 saturated carbocycles. The third-order valence-corrected chi connectivity index (χ3v) is 2.43. The molecule has 2 aromatic heterocycles. The van der Waals surface area contributed by atoms with Crippen molar-refractivity contribution in [1.29, 1.82) is 0 Å². The first-order valence-electron chi connectivity index (χ1n) is 5.58. The minimum atomic E-state index is -0.487. The van der Waals surface area contributed by atoms with Crippen molar-refractivity contribution in [2.45, 2.75) is 6.92 Å². The van der Waals surface area contributed by atoms with E-state index in [4.69, 9.17) is 4.74 Å². The number of aromatic nitrogens is 2. The maximum Gasteiger partial charge on any atom is 0.330 e. The lowest BCUT2D eigenvalue weighted by molar-refractivity contribution is -0.383. The van der Waals surface area contributed by atoms with Gasteiger partial charge in [0, 0.05) is 12.3 Å². The van der Waals surface area contributed by atoms with Crippen molar-refractivity contribution in [2.24, 2.45) is 0 Å². The molecule has 2 heterocycles. The molecule has 7 nitrogen and oxygen atoms in total. The van der Waals surface area contributed by atoms with Crippen molar-refractivity contribution in [1.82, 2.24) is 9.97 Å². The molecule has 0 atom stereocenters. The average molecular weight is 261 g/mol. The molecule has 7 heteroatoms. The highest BCUT2D eigenvalue weighted by atomic mass is 16.6. The molecule has 2 rings (SSSR count). The number of rotatable bonds is 4. The number of carbonyl (C=O) groups is 1. The number of nitrogens with one attached hydrogen (secondary N) is 1. The van der Waals surface area contributed by atoms with Crippen LogP contribution in [0.3, 0.4) is 0 Å². The van der Waals surface area contributed by atoms with E-state index in [1.165, 1.54) is 24.5 Å². The summed E-state index contributed by atoms with van der Waals surface area (Å²) in [4.78, 5) is 28.2. The van der Waals surface area contributed by atoms with Crippen LogP contribution in [0.1, 0.15) is 12.5 Å². The molecule has 0 unspecified atom stereocenters. The van der Waals surface area contributed by atoms with Gasteiger partial charge in [0.25, 0.3) is 5.69 Å². The quantitative estimate of drug-likeness (QED) is 0.393. The average Bonchev–Trinajstić information content (AvgIpc) is 2.79. The molecule has 98 valence electrons. The molecule has 0 bridgehead atoms. The summed E-state index contributed by atoms with van der Waals surface area (Å²) in [6.07, 6.45) is 5.56. The summed E-state index contributed by atoms with van der Waals surface area (Å²) in [7, 11) is 0. The SMILES string of the molecule is CCOC(=O)C=Cc1cnc2[nH]cc([N+](=O)[O-])c2c1. The Bertz CT molecular complexity index is 660. The van der Waals surface area contributed by atoms with E-state index in [0.717, 1.165) is 0 Å². The Kier molecular flexibility index (Phi) is 3.56. The van der Waals surface area contributed by atoms with E-state index in [1.54, 1.807) is 13.0 Å². The number of esters is 1. The van der Waals surface area contributed by atoms with Crippen molar-refractivity contribution in [3.63, 3.8) is 0 Å². The smallest absolute Gasteiger partial charge is 0.330 e. The van der Waals surface area contributed by atoms with Crippen LogP contribution in [0.2, 0.25) is 0 Å². The number of nitro groups is 1. The summed E-state index contributed by atoms with van der Waals surface area (Å²) in [5.74, 6) is -0.467. The highest BCUT2D eigenvalue weighted by molar-refractivity contribution is 5.90. The van der Waals surface area contributed by atoms with E-state index < -0.39 is 10.9 Å². The van der Waals surface area contributed by atoms with Gasteiger partial charge >= 0.3 is 5.97 Å². The zero-order chi connectivity index (χ0) is 13.8. The molecule has 0 saturated heterocycles. The van der Waals surface area contributed by atoms with E-state index in [1.807, 2.05) is 0 Å². The number of pyridine rings is 1. The molecule has 0 aromatic carbocycles. The van der Waals surface area contributed by atoms with Crippen molar-refractivity contribution >= 4 is 28.8 Å². The van der Waals surface area contributed by atoms with Gasteiger partial charge in [-0.1, -0.05) is 0 Å². The lowest BCUT2D eigenvalue weighted by atomic mass is 10.2. The fourth-order valence-corrected chi connectivity index (χ4v) is 1.60. The number of hydrogen-bond acceptors (Lipinski definition) is 5. The van der Waals surface area contributed by atoms with Crippen molar-refractivity contribution in [3.05, 3.63) is 40.2 Å². The van der Waals surface area contributed by atoms with Gasteiger partial charge in [-0.15, -0.1) is 0 Å². The standard InChI is InChI=1S/C12H11N3O4/c1-2-19-11(16)4-3-8-5-9-10(15(17)18)7-14-12(9)13-6-8/h3-7H,2H2,1H3,(H,13,14). The number of fused-ring (bicyclic) bond motifs is 1. The van der Waals surface area contributed by atoms with Crippen LogP contribution in [0.25, 0.3) is 17.1 Å². The number of nitrogens with zero attached hydrogens (tertiary/aromatic N) is 2. The number of ether oxygens (including phenoxy) is 1. The van der Waals surface area contributed by atoms with Gasteiger partial charge in [0.1, 0.15) is 5.65 Å². The summed E-state index contributed by atoms with van der Waals surface area (Å²) in [6.45, 7) is 2.01. The Labute approximate surface area is 108 Å². The van der Waals surface area contributed by atoms with Gasteiger partial charge < -0.3 is 9.72 Å². The highest BCUT2D eigenvalue weighted by Crippen LogP contribution is 2.24. The Morgan fingerprint density at radius 3 is 3.11 bits per heavy atom. The van der Waals surface area contributed by atoms with E-state index >= 15 is 0 Å². The van der Waals surface area contributed by atoms with Gasteiger partial charge in [0.2, 0.25) is 0 Å².